The largest absolute Gasteiger partial charge is 0.394 e. The fourth-order valence-corrected chi connectivity index (χ4v) is 6.09. The molecule has 16 heteroatoms. The van der Waals surface area contributed by atoms with Gasteiger partial charge in [-0.2, -0.15) is 5.26 Å². The van der Waals surface area contributed by atoms with Gasteiger partial charge in [-0.25, -0.2) is 13.5 Å². The Labute approximate surface area is 260 Å². The Kier molecular flexibility index (Phi) is 9.54. The first-order valence-electron chi connectivity index (χ1n) is 12.9. The Morgan fingerprint density at radius 3 is 2.65 bits per heavy atom. The maximum absolute atomic E-state index is 14.7. The highest BCUT2D eigenvalue weighted by Crippen LogP contribution is 2.36. The van der Waals surface area contributed by atoms with Crippen molar-refractivity contribution in [2.45, 2.75) is 42.6 Å². The number of aliphatic hydroxyl groups is 3. The number of ether oxygens (including phenoxy) is 3. The zero-order valence-electron chi connectivity index (χ0n) is 22.3. The second kappa shape index (κ2) is 13.0. The Hall–Kier alpha value is -2.88. The molecule has 1 amide bonds. The third-order valence-electron chi connectivity index (χ3n) is 7.39. The van der Waals surface area contributed by atoms with Crippen molar-refractivity contribution in [3.63, 3.8) is 0 Å². The highest BCUT2D eigenvalue weighted by molar-refractivity contribution is 9.10. The molecule has 0 spiro atoms. The number of methoxy groups -OCH3 is 1. The summed E-state index contributed by atoms with van der Waals surface area (Å²) in [7, 11) is 1.28. The summed E-state index contributed by atoms with van der Waals surface area (Å²) in [6.45, 7) is -0.762. The number of halogens is 4. The Bertz CT molecular complexity index is 1560. The van der Waals surface area contributed by atoms with Crippen molar-refractivity contribution in [3.8, 4) is 17.3 Å². The molecular formula is C27H25Br2F2N5O7. The lowest BCUT2D eigenvalue weighted by Gasteiger charge is -2.45. The van der Waals surface area contributed by atoms with Crippen LogP contribution in [0.25, 0.3) is 11.3 Å². The lowest BCUT2D eigenvalue weighted by molar-refractivity contribution is -0.211. The maximum atomic E-state index is 14.7. The lowest BCUT2D eigenvalue weighted by atomic mass is 9.91. The molecule has 7 atom stereocenters. The number of carbonyl (C=O) groups is 1. The minimum atomic E-state index is -1.48. The molecule has 3 aromatic rings. The van der Waals surface area contributed by atoms with Crippen LogP contribution in [0.3, 0.4) is 0 Å². The molecule has 3 heterocycles. The van der Waals surface area contributed by atoms with Crippen molar-refractivity contribution >= 4 is 43.5 Å². The lowest BCUT2D eigenvalue weighted by Crippen LogP contribution is -2.63. The number of nitriles is 1. The molecule has 2 saturated heterocycles. The zero-order valence-corrected chi connectivity index (χ0v) is 25.5. The Morgan fingerprint density at radius 2 is 2.00 bits per heavy atom. The number of aliphatic hydroxyl groups excluding tert-OH is 3. The smallest absolute Gasteiger partial charge is 0.259 e. The zero-order chi connectivity index (χ0) is 31.0. The molecule has 0 radical (unpaired) electrons. The molecule has 0 saturated carbocycles. The molecule has 0 unspecified atom stereocenters. The highest BCUT2D eigenvalue weighted by Gasteiger charge is 2.52. The Morgan fingerprint density at radius 1 is 1.23 bits per heavy atom. The number of benzene rings is 2. The second-order valence-corrected chi connectivity index (χ2v) is 11.7. The summed E-state index contributed by atoms with van der Waals surface area (Å²) in [6.07, 6.45) is -5.34. The number of hydrogen-bond donors (Lipinski definition) is 3. The van der Waals surface area contributed by atoms with E-state index < -0.39 is 66.8 Å². The summed E-state index contributed by atoms with van der Waals surface area (Å²) in [6, 6.07) is 7.16. The van der Waals surface area contributed by atoms with Gasteiger partial charge in [0.2, 0.25) is 0 Å². The van der Waals surface area contributed by atoms with Crippen LogP contribution in [0.2, 0.25) is 0 Å². The summed E-state index contributed by atoms with van der Waals surface area (Å²) in [5.41, 5.74) is 0.227. The number of rotatable bonds is 7. The number of anilines is 1. The van der Waals surface area contributed by atoms with E-state index in [1.807, 2.05) is 6.07 Å². The quantitative estimate of drug-likeness (QED) is 0.307. The van der Waals surface area contributed by atoms with Crippen LogP contribution >= 0.6 is 31.9 Å². The van der Waals surface area contributed by atoms with Crippen molar-refractivity contribution in [3.05, 3.63) is 62.7 Å². The first-order valence-corrected chi connectivity index (χ1v) is 14.5. The van der Waals surface area contributed by atoms with E-state index in [0.717, 1.165) is 4.68 Å². The van der Waals surface area contributed by atoms with Gasteiger partial charge in [0.15, 0.2) is 17.7 Å². The van der Waals surface area contributed by atoms with Gasteiger partial charge in [-0.05, 0) is 46.3 Å². The summed E-state index contributed by atoms with van der Waals surface area (Å²) in [4.78, 5) is 15.6. The number of amides is 1. The number of hydrogen-bond acceptors (Lipinski definition) is 10. The van der Waals surface area contributed by atoms with Crippen LogP contribution in [0.4, 0.5) is 14.5 Å². The van der Waals surface area contributed by atoms with E-state index in [0.29, 0.717) is 4.47 Å². The summed E-state index contributed by atoms with van der Waals surface area (Å²) in [5.74, 6) is -3.01. The predicted molar refractivity (Wildman–Crippen MR) is 152 cm³/mol. The van der Waals surface area contributed by atoms with Crippen LogP contribution in [-0.2, 0) is 19.0 Å². The van der Waals surface area contributed by atoms with Crippen LogP contribution in [0.15, 0.2) is 45.5 Å². The average molecular weight is 729 g/mol. The summed E-state index contributed by atoms with van der Waals surface area (Å²) >= 11 is 6.27. The molecule has 228 valence electrons. The van der Waals surface area contributed by atoms with E-state index in [4.69, 9.17) is 14.2 Å². The molecule has 12 nitrogen and oxygen atoms in total. The predicted octanol–water partition coefficient (Wildman–Crippen LogP) is 2.09. The Balaban J connectivity index is 1.56. The SMILES string of the molecule is CO[C@@H]1[C@@H](n2cc(-c3ccc(Br)c(F)c3F)nn2)[C@@H](O)[C@@H](CO)O[C@H]1C(=O)N(c1cc(Br)cc(C#N)c1)[C@H]1COC[C@@H]1O. The van der Waals surface area contributed by atoms with Gasteiger partial charge >= 0.3 is 0 Å². The van der Waals surface area contributed by atoms with E-state index >= 15 is 0 Å². The molecule has 2 aliphatic rings. The van der Waals surface area contributed by atoms with Gasteiger partial charge in [0.25, 0.3) is 5.91 Å². The van der Waals surface area contributed by atoms with Crippen LogP contribution in [0.5, 0.6) is 0 Å². The minimum Gasteiger partial charge on any atom is -0.394 e. The minimum absolute atomic E-state index is 0.0249. The monoisotopic (exact) mass is 727 g/mol. The molecule has 2 aliphatic heterocycles. The normalized spacial score (nSPS) is 27.2. The topological polar surface area (TPSA) is 163 Å². The van der Waals surface area contributed by atoms with Gasteiger partial charge in [-0.15, -0.1) is 5.10 Å². The van der Waals surface area contributed by atoms with E-state index in [1.54, 1.807) is 12.1 Å². The number of aromatic nitrogens is 3. The molecule has 43 heavy (non-hydrogen) atoms. The van der Waals surface area contributed by atoms with Gasteiger partial charge in [-0.1, -0.05) is 21.1 Å². The summed E-state index contributed by atoms with van der Waals surface area (Å²) < 4.78 is 47.5. The van der Waals surface area contributed by atoms with E-state index in [1.165, 1.54) is 36.4 Å². The molecular weight excluding hydrogens is 704 g/mol. The van der Waals surface area contributed by atoms with Crippen LogP contribution in [-0.4, -0.2) is 99.7 Å². The van der Waals surface area contributed by atoms with Gasteiger partial charge in [0.1, 0.15) is 36.2 Å². The van der Waals surface area contributed by atoms with Crippen molar-refractivity contribution in [2.75, 3.05) is 31.8 Å². The van der Waals surface area contributed by atoms with Crippen LogP contribution < -0.4 is 4.90 Å². The molecule has 0 aliphatic carbocycles. The van der Waals surface area contributed by atoms with E-state index in [9.17, 15) is 34.2 Å². The fraction of sp³-hybridized carbons (Fsp3) is 0.407. The van der Waals surface area contributed by atoms with Crippen molar-refractivity contribution in [2.24, 2.45) is 0 Å². The van der Waals surface area contributed by atoms with Gasteiger partial charge in [-0.3, -0.25) is 4.79 Å². The van der Waals surface area contributed by atoms with Crippen LogP contribution in [0.1, 0.15) is 11.6 Å². The standard InChI is InChI=1S/C27H25Br2F2N5O7/c1-41-25-23(35-8-17(33-34-35)15-2-3-16(29)22(31)21(15)30)24(39)20(9-37)43-26(25)27(40)36(18-10-42-11-19(18)38)14-5-12(7-32)4-13(28)6-14/h2-6,8,18-20,23-26,37-39H,9-11H2,1H3/t18-,19-,20+,23-,24-,25+,26+/m0/s1. The fourth-order valence-electron chi connectivity index (χ4n) is 5.30. The third-order valence-corrected chi connectivity index (χ3v) is 8.46. The van der Waals surface area contributed by atoms with Crippen LogP contribution in [0, 0.1) is 23.0 Å². The molecule has 2 aromatic carbocycles. The molecule has 3 N–H and O–H groups in total. The van der Waals surface area contributed by atoms with Gasteiger partial charge in [0, 0.05) is 22.8 Å². The van der Waals surface area contributed by atoms with Gasteiger partial charge in [0.05, 0.1) is 48.2 Å². The first kappa shape index (κ1) is 31.5. The van der Waals surface area contributed by atoms with Crippen molar-refractivity contribution in [1.82, 2.24) is 15.0 Å². The number of carbonyl (C=O) groups excluding carboxylic acids is 1. The van der Waals surface area contributed by atoms with Crippen molar-refractivity contribution < 1.29 is 43.1 Å². The molecule has 0 bridgehead atoms. The van der Waals surface area contributed by atoms with Gasteiger partial charge < -0.3 is 34.4 Å². The average Bonchev–Trinajstić information content (AvgIpc) is 3.64. The molecule has 5 rings (SSSR count). The molecule has 1 aromatic heterocycles. The van der Waals surface area contributed by atoms with E-state index in [-0.39, 0.29) is 40.2 Å². The first-order chi connectivity index (χ1) is 20.6. The summed E-state index contributed by atoms with van der Waals surface area (Å²) in [5, 5.41) is 49.4. The van der Waals surface area contributed by atoms with E-state index in [2.05, 4.69) is 42.2 Å². The maximum Gasteiger partial charge on any atom is 0.259 e. The second-order valence-electron chi connectivity index (χ2n) is 9.96. The molecule has 2 fully saturated rings. The number of nitrogens with zero attached hydrogens (tertiary/aromatic N) is 5. The highest BCUT2D eigenvalue weighted by atomic mass is 79.9. The van der Waals surface area contributed by atoms with Crippen molar-refractivity contribution in [1.29, 1.82) is 5.26 Å². The third kappa shape index (κ3) is 5.96.